The number of benzene rings is 1. The zero-order chi connectivity index (χ0) is 23.4. The molecule has 3 aliphatic heterocycles. The van der Waals surface area contributed by atoms with Gasteiger partial charge in [-0.25, -0.2) is 0 Å². The standard InChI is InChI=1S/C24H33N5O4/c1-28(20-5-6-21(31)27-22(20)32)23(33)19-4-3-18(13-17(19)14-30)26-9-2-10-29-11-7-24(8-12-29)15-25-16-24/h3-4,13-14,20,25-26H,2,5-12,15-16H2,1H3,(H,27,31,32). The van der Waals surface area contributed by atoms with Gasteiger partial charge in [-0.15, -0.1) is 0 Å². The van der Waals surface area contributed by atoms with Crippen LogP contribution in [-0.4, -0.2) is 86.2 Å². The van der Waals surface area contributed by atoms with Gasteiger partial charge in [0, 0.05) is 44.4 Å². The maximum atomic E-state index is 12.9. The van der Waals surface area contributed by atoms with Crippen molar-refractivity contribution in [3.05, 3.63) is 29.3 Å². The predicted octanol–water partition coefficient (Wildman–Crippen LogP) is 0.864. The molecule has 3 aliphatic rings. The number of carbonyl (C=O) groups is 4. The summed E-state index contributed by atoms with van der Waals surface area (Å²) < 4.78 is 0. The Labute approximate surface area is 194 Å². The summed E-state index contributed by atoms with van der Waals surface area (Å²) in [4.78, 5) is 51.9. The highest BCUT2D eigenvalue weighted by Gasteiger charge is 2.39. The van der Waals surface area contributed by atoms with Crippen LogP contribution in [0.5, 0.6) is 0 Å². The van der Waals surface area contributed by atoms with E-state index in [-0.39, 0.29) is 29.9 Å². The van der Waals surface area contributed by atoms with Crippen molar-refractivity contribution in [1.82, 2.24) is 20.4 Å². The van der Waals surface area contributed by atoms with Gasteiger partial charge in [0.2, 0.25) is 11.8 Å². The summed E-state index contributed by atoms with van der Waals surface area (Å²) in [5.41, 5.74) is 1.87. The Kier molecular flexibility index (Phi) is 7.09. The summed E-state index contributed by atoms with van der Waals surface area (Å²) in [5, 5.41) is 9.00. The maximum absolute atomic E-state index is 12.9. The quantitative estimate of drug-likeness (QED) is 0.303. The summed E-state index contributed by atoms with van der Waals surface area (Å²) in [6.07, 6.45) is 4.68. The molecule has 1 aromatic carbocycles. The number of amides is 3. The number of likely N-dealkylation sites (tertiary alicyclic amines) is 1. The Bertz CT molecular complexity index is 919. The van der Waals surface area contributed by atoms with Crippen LogP contribution in [0.3, 0.4) is 0 Å². The second kappa shape index (κ2) is 10.0. The molecule has 3 heterocycles. The molecular formula is C24H33N5O4. The van der Waals surface area contributed by atoms with Crippen molar-refractivity contribution in [2.75, 3.05) is 51.6 Å². The van der Waals surface area contributed by atoms with Gasteiger partial charge in [0.15, 0.2) is 6.29 Å². The Morgan fingerprint density at radius 3 is 2.67 bits per heavy atom. The number of anilines is 1. The van der Waals surface area contributed by atoms with Crippen LogP contribution in [0.25, 0.3) is 0 Å². The van der Waals surface area contributed by atoms with Crippen LogP contribution < -0.4 is 16.0 Å². The second-order valence-corrected chi connectivity index (χ2v) is 9.53. The van der Waals surface area contributed by atoms with Crippen LogP contribution in [-0.2, 0) is 9.59 Å². The third-order valence-electron chi connectivity index (χ3n) is 7.30. The molecule has 4 rings (SSSR count). The molecule has 3 N–H and O–H groups in total. The number of imide groups is 1. The first-order valence-corrected chi connectivity index (χ1v) is 11.8. The second-order valence-electron chi connectivity index (χ2n) is 9.53. The van der Waals surface area contributed by atoms with E-state index in [1.807, 2.05) is 0 Å². The van der Waals surface area contributed by atoms with Crippen molar-refractivity contribution in [2.45, 2.75) is 38.1 Å². The van der Waals surface area contributed by atoms with Crippen LogP contribution in [0.1, 0.15) is 52.8 Å². The van der Waals surface area contributed by atoms with E-state index in [1.54, 1.807) is 18.2 Å². The van der Waals surface area contributed by atoms with Gasteiger partial charge in [0.1, 0.15) is 6.04 Å². The maximum Gasteiger partial charge on any atom is 0.255 e. The number of piperidine rings is 2. The molecule has 3 saturated heterocycles. The summed E-state index contributed by atoms with van der Waals surface area (Å²) in [6.45, 7) is 6.49. The molecule has 178 valence electrons. The minimum Gasteiger partial charge on any atom is -0.385 e. The van der Waals surface area contributed by atoms with Crippen molar-refractivity contribution in [1.29, 1.82) is 0 Å². The Morgan fingerprint density at radius 2 is 2.03 bits per heavy atom. The van der Waals surface area contributed by atoms with Gasteiger partial charge in [-0.2, -0.15) is 0 Å². The fraction of sp³-hybridized carbons (Fsp3) is 0.583. The lowest BCUT2D eigenvalue weighted by Crippen LogP contribution is -2.58. The minimum atomic E-state index is -0.724. The van der Waals surface area contributed by atoms with Crippen LogP contribution in [0.15, 0.2) is 18.2 Å². The highest BCUT2D eigenvalue weighted by molar-refractivity contribution is 6.06. The number of nitrogens with zero attached hydrogens (tertiary/aromatic N) is 2. The fourth-order valence-corrected chi connectivity index (χ4v) is 4.97. The molecule has 0 bridgehead atoms. The molecule has 0 aromatic heterocycles. The smallest absolute Gasteiger partial charge is 0.255 e. The lowest BCUT2D eigenvalue weighted by molar-refractivity contribution is -0.136. The molecular weight excluding hydrogens is 422 g/mol. The summed E-state index contributed by atoms with van der Waals surface area (Å²) >= 11 is 0. The van der Waals surface area contributed by atoms with E-state index >= 15 is 0 Å². The number of carbonyl (C=O) groups excluding carboxylic acids is 4. The molecule has 0 aliphatic carbocycles. The largest absolute Gasteiger partial charge is 0.385 e. The number of nitrogens with one attached hydrogen (secondary N) is 3. The molecule has 9 heteroatoms. The van der Waals surface area contributed by atoms with Gasteiger partial charge in [-0.1, -0.05) is 0 Å². The molecule has 9 nitrogen and oxygen atoms in total. The first kappa shape index (κ1) is 23.4. The van der Waals surface area contributed by atoms with Gasteiger partial charge in [-0.3, -0.25) is 24.5 Å². The SMILES string of the molecule is CN(C(=O)c1ccc(NCCCN2CCC3(CC2)CNC3)cc1C=O)C1CCC(=O)NC1=O. The molecule has 1 unspecified atom stereocenters. The Hall–Kier alpha value is -2.78. The zero-order valence-corrected chi connectivity index (χ0v) is 19.2. The number of rotatable bonds is 8. The first-order valence-electron chi connectivity index (χ1n) is 11.8. The van der Waals surface area contributed by atoms with E-state index < -0.39 is 17.9 Å². The molecule has 0 saturated carbocycles. The summed E-state index contributed by atoms with van der Waals surface area (Å²) in [7, 11) is 1.52. The fourth-order valence-electron chi connectivity index (χ4n) is 4.97. The molecule has 33 heavy (non-hydrogen) atoms. The summed E-state index contributed by atoms with van der Waals surface area (Å²) in [5.74, 6) is -1.23. The van der Waals surface area contributed by atoms with Crippen LogP contribution >= 0.6 is 0 Å². The summed E-state index contributed by atoms with van der Waals surface area (Å²) in [6, 6.07) is 4.35. The minimum absolute atomic E-state index is 0.187. The van der Waals surface area contributed by atoms with Crippen LogP contribution in [0.2, 0.25) is 0 Å². The van der Waals surface area contributed by atoms with E-state index in [0.29, 0.717) is 11.7 Å². The first-order chi connectivity index (χ1) is 15.9. The molecule has 3 fully saturated rings. The molecule has 3 amide bonds. The average Bonchev–Trinajstić information content (AvgIpc) is 2.80. The third-order valence-corrected chi connectivity index (χ3v) is 7.30. The molecule has 1 atom stereocenters. The molecule has 1 aromatic rings. The average molecular weight is 456 g/mol. The van der Waals surface area contributed by atoms with E-state index in [1.165, 1.54) is 37.9 Å². The van der Waals surface area contributed by atoms with Crippen molar-refractivity contribution < 1.29 is 19.2 Å². The van der Waals surface area contributed by atoms with Gasteiger partial charge in [0.25, 0.3) is 5.91 Å². The molecule has 0 radical (unpaired) electrons. The highest BCUT2D eigenvalue weighted by atomic mass is 16.2. The predicted molar refractivity (Wildman–Crippen MR) is 124 cm³/mol. The van der Waals surface area contributed by atoms with Crippen molar-refractivity contribution in [3.8, 4) is 0 Å². The van der Waals surface area contributed by atoms with Crippen LogP contribution in [0.4, 0.5) is 5.69 Å². The van der Waals surface area contributed by atoms with E-state index in [9.17, 15) is 19.2 Å². The van der Waals surface area contributed by atoms with Crippen molar-refractivity contribution >= 4 is 29.7 Å². The highest BCUT2D eigenvalue weighted by Crippen LogP contribution is 2.34. The monoisotopic (exact) mass is 455 g/mol. The lowest BCUT2D eigenvalue weighted by Gasteiger charge is -2.48. The van der Waals surface area contributed by atoms with Gasteiger partial charge < -0.3 is 20.4 Å². The number of hydrogen-bond donors (Lipinski definition) is 3. The van der Waals surface area contributed by atoms with Gasteiger partial charge in [0.05, 0.1) is 5.56 Å². The zero-order valence-electron chi connectivity index (χ0n) is 19.2. The number of likely N-dealkylation sites (N-methyl/N-ethyl adjacent to an activating group) is 1. The van der Waals surface area contributed by atoms with Gasteiger partial charge in [-0.05, 0) is 68.9 Å². The number of hydrogen-bond acceptors (Lipinski definition) is 7. The lowest BCUT2D eigenvalue weighted by atomic mass is 9.73. The van der Waals surface area contributed by atoms with E-state index in [2.05, 4.69) is 20.9 Å². The van der Waals surface area contributed by atoms with Crippen LogP contribution in [0, 0.1) is 5.41 Å². The third kappa shape index (κ3) is 5.25. The molecule has 1 spiro atoms. The Balaban J connectivity index is 1.27. The topological polar surface area (TPSA) is 111 Å². The van der Waals surface area contributed by atoms with Crippen molar-refractivity contribution in [2.24, 2.45) is 5.41 Å². The number of aldehydes is 1. The van der Waals surface area contributed by atoms with E-state index in [0.717, 1.165) is 38.3 Å². The van der Waals surface area contributed by atoms with Gasteiger partial charge >= 0.3 is 0 Å². The normalized spacial score (nSPS) is 22.4. The van der Waals surface area contributed by atoms with E-state index in [4.69, 9.17) is 0 Å². The van der Waals surface area contributed by atoms with Crippen molar-refractivity contribution in [3.63, 3.8) is 0 Å². The Morgan fingerprint density at radius 1 is 1.27 bits per heavy atom.